The van der Waals surface area contributed by atoms with Gasteiger partial charge in [0.25, 0.3) is 5.56 Å². The van der Waals surface area contributed by atoms with Crippen molar-refractivity contribution >= 4 is 45.3 Å². The largest absolute Gasteiger partial charge is 0.448 e. The molecule has 4 aromatic rings. The van der Waals surface area contributed by atoms with Gasteiger partial charge in [-0.25, -0.2) is 4.98 Å². The van der Waals surface area contributed by atoms with Gasteiger partial charge in [0, 0.05) is 5.39 Å². The molecule has 0 atom stereocenters. The number of anilines is 1. The first-order valence-electron chi connectivity index (χ1n) is 8.27. The number of furan rings is 1. The van der Waals surface area contributed by atoms with E-state index >= 15 is 0 Å². The summed E-state index contributed by atoms with van der Waals surface area (Å²) < 4.78 is 45.1. The molecule has 2 aromatic carbocycles. The van der Waals surface area contributed by atoms with Crippen molar-refractivity contribution in [2.24, 2.45) is 0 Å². The first-order valence-corrected chi connectivity index (χ1v) is 8.65. The molecule has 2 aromatic heterocycles. The lowest BCUT2D eigenvalue weighted by Crippen LogP contribution is -2.27. The zero-order chi connectivity index (χ0) is 20.8. The number of para-hydroxylation sites is 1. The molecule has 0 saturated heterocycles. The number of nitrogens with zero attached hydrogens (tertiary/aromatic N) is 2. The van der Waals surface area contributed by atoms with Gasteiger partial charge in [0.15, 0.2) is 0 Å². The summed E-state index contributed by atoms with van der Waals surface area (Å²) in [5.41, 5.74) is -0.930. The first-order chi connectivity index (χ1) is 13.7. The highest BCUT2D eigenvalue weighted by molar-refractivity contribution is 6.33. The third-order valence-electron chi connectivity index (χ3n) is 4.23. The van der Waals surface area contributed by atoms with Crippen molar-refractivity contribution in [2.45, 2.75) is 12.7 Å². The maximum atomic E-state index is 12.9. The van der Waals surface area contributed by atoms with Crippen LogP contribution in [0.3, 0.4) is 0 Å². The van der Waals surface area contributed by atoms with Crippen LogP contribution in [0.4, 0.5) is 18.9 Å². The van der Waals surface area contributed by atoms with Crippen LogP contribution in [0.25, 0.3) is 22.1 Å². The van der Waals surface area contributed by atoms with E-state index in [2.05, 4.69) is 10.3 Å². The van der Waals surface area contributed by atoms with Crippen LogP contribution in [0.15, 0.2) is 58.0 Å². The molecule has 0 spiro atoms. The van der Waals surface area contributed by atoms with E-state index < -0.39 is 29.8 Å². The van der Waals surface area contributed by atoms with Crippen LogP contribution in [-0.4, -0.2) is 15.5 Å². The lowest BCUT2D eigenvalue weighted by atomic mass is 10.2. The molecule has 0 bridgehead atoms. The topological polar surface area (TPSA) is 77.1 Å². The molecule has 6 nitrogen and oxygen atoms in total. The van der Waals surface area contributed by atoms with E-state index in [0.29, 0.717) is 16.5 Å². The number of hydrogen-bond donors (Lipinski definition) is 1. The fraction of sp³-hybridized carbons (Fsp3) is 0.105. The number of nitrogens with one attached hydrogen (secondary N) is 1. The van der Waals surface area contributed by atoms with Crippen LogP contribution in [-0.2, 0) is 17.5 Å². The Hall–Kier alpha value is -3.33. The number of alkyl halides is 3. The average molecular weight is 422 g/mol. The third kappa shape index (κ3) is 3.56. The summed E-state index contributed by atoms with van der Waals surface area (Å²) in [5.74, 6) is -0.745. The second-order valence-corrected chi connectivity index (χ2v) is 6.60. The Morgan fingerprint density at radius 3 is 2.72 bits per heavy atom. The molecule has 10 heteroatoms. The third-order valence-corrected chi connectivity index (χ3v) is 4.56. The summed E-state index contributed by atoms with van der Waals surface area (Å²) in [7, 11) is 0. The van der Waals surface area contributed by atoms with Gasteiger partial charge in [0.2, 0.25) is 11.5 Å². The van der Waals surface area contributed by atoms with Gasteiger partial charge >= 0.3 is 6.18 Å². The van der Waals surface area contributed by atoms with Gasteiger partial charge in [-0.1, -0.05) is 23.7 Å². The van der Waals surface area contributed by atoms with E-state index in [1.165, 1.54) is 6.33 Å². The van der Waals surface area contributed by atoms with Gasteiger partial charge in [-0.15, -0.1) is 0 Å². The second-order valence-electron chi connectivity index (χ2n) is 6.19. The normalized spacial score (nSPS) is 11.9. The van der Waals surface area contributed by atoms with Gasteiger partial charge in [-0.2, -0.15) is 13.2 Å². The minimum atomic E-state index is -4.59. The highest BCUT2D eigenvalue weighted by atomic mass is 35.5. The molecule has 2 heterocycles. The van der Waals surface area contributed by atoms with Gasteiger partial charge in [-0.3, -0.25) is 14.2 Å². The molecule has 0 saturated carbocycles. The Kier molecular flexibility index (Phi) is 4.54. The first kappa shape index (κ1) is 19.0. The predicted molar refractivity (Wildman–Crippen MR) is 101 cm³/mol. The molecule has 4 rings (SSSR count). The van der Waals surface area contributed by atoms with E-state index in [1.54, 1.807) is 24.3 Å². The van der Waals surface area contributed by atoms with Crippen molar-refractivity contribution in [1.29, 1.82) is 0 Å². The number of benzene rings is 2. The summed E-state index contributed by atoms with van der Waals surface area (Å²) >= 11 is 5.87. The van der Waals surface area contributed by atoms with E-state index in [0.717, 1.165) is 22.8 Å². The maximum absolute atomic E-state index is 12.9. The highest BCUT2D eigenvalue weighted by Gasteiger charge is 2.31. The van der Waals surface area contributed by atoms with E-state index in [-0.39, 0.29) is 16.3 Å². The predicted octanol–water partition coefficient (Wildman–Crippen LogP) is 4.45. The van der Waals surface area contributed by atoms with Crippen molar-refractivity contribution in [2.75, 3.05) is 5.32 Å². The molecular formula is C19H11ClF3N3O3. The molecule has 0 unspecified atom stereocenters. The zero-order valence-electron chi connectivity index (χ0n) is 14.5. The standard InChI is InChI=1S/C19H11ClF3N3O3/c20-12-6-5-10(19(21,22)23)7-13(12)25-15(27)8-26-9-24-16-11-3-1-2-4-14(11)29-17(16)18(26)28/h1-7,9H,8H2,(H,25,27). The Morgan fingerprint density at radius 2 is 1.97 bits per heavy atom. The van der Waals surface area contributed by atoms with Crippen molar-refractivity contribution in [1.82, 2.24) is 9.55 Å². The molecule has 0 aliphatic rings. The number of amides is 1. The van der Waals surface area contributed by atoms with Crippen LogP contribution >= 0.6 is 11.6 Å². The van der Waals surface area contributed by atoms with Crippen LogP contribution < -0.4 is 10.9 Å². The summed E-state index contributed by atoms with van der Waals surface area (Å²) in [4.78, 5) is 29.1. The van der Waals surface area contributed by atoms with Gasteiger partial charge < -0.3 is 9.73 Å². The Morgan fingerprint density at radius 1 is 1.21 bits per heavy atom. The fourth-order valence-corrected chi connectivity index (χ4v) is 3.03. The second kappa shape index (κ2) is 6.93. The number of halogens is 4. The number of fused-ring (bicyclic) bond motifs is 3. The summed E-state index contributed by atoms with van der Waals surface area (Å²) in [6.07, 6.45) is -3.41. The molecule has 0 aliphatic heterocycles. The molecular weight excluding hydrogens is 411 g/mol. The highest BCUT2D eigenvalue weighted by Crippen LogP contribution is 2.33. The maximum Gasteiger partial charge on any atom is 0.416 e. The molecule has 0 fully saturated rings. The lowest BCUT2D eigenvalue weighted by molar-refractivity contribution is -0.137. The summed E-state index contributed by atoms with van der Waals surface area (Å²) in [5, 5.41) is 2.88. The fourth-order valence-electron chi connectivity index (χ4n) is 2.87. The number of hydrogen-bond acceptors (Lipinski definition) is 4. The summed E-state index contributed by atoms with van der Waals surface area (Å²) in [6.45, 7) is -0.481. The van der Waals surface area contributed by atoms with Crippen LogP contribution in [0.1, 0.15) is 5.56 Å². The van der Waals surface area contributed by atoms with E-state index in [1.807, 2.05) is 0 Å². The monoisotopic (exact) mass is 421 g/mol. The SMILES string of the molecule is O=C(Cn1cnc2c(oc3ccccc32)c1=O)Nc1cc(C(F)(F)F)ccc1Cl. The average Bonchev–Trinajstić information content (AvgIpc) is 3.04. The Bertz CT molecular complexity index is 1310. The van der Waals surface area contributed by atoms with Gasteiger partial charge in [0.1, 0.15) is 17.6 Å². The van der Waals surface area contributed by atoms with E-state index in [9.17, 15) is 22.8 Å². The molecule has 1 amide bonds. The van der Waals surface area contributed by atoms with Crippen LogP contribution in [0, 0.1) is 0 Å². The molecule has 0 radical (unpaired) electrons. The van der Waals surface area contributed by atoms with Crippen molar-refractivity contribution in [3.63, 3.8) is 0 Å². The Labute approximate surface area is 165 Å². The van der Waals surface area contributed by atoms with Gasteiger partial charge in [0.05, 0.1) is 22.6 Å². The lowest BCUT2D eigenvalue weighted by Gasteiger charge is -2.12. The molecule has 148 valence electrons. The quantitative estimate of drug-likeness (QED) is 0.530. The number of carbonyl (C=O) groups excluding carboxylic acids is 1. The Balaban J connectivity index is 1.62. The van der Waals surface area contributed by atoms with Crippen molar-refractivity contribution in [3.8, 4) is 0 Å². The smallest absolute Gasteiger partial charge is 0.416 e. The van der Waals surface area contributed by atoms with Crippen LogP contribution in [0.2, 0.25) is 5.02 Å². The van der Waals surface area contributed by atoms with Crippen molar-refractivity contribution in [3.05, 3.63) is 69.7 Å². The molecule has 1 N–H and O–H groups in total. The zero-order valence-corrected chi connectivity index (χ0v) is 15.2. The number of rotatable bonds is 3. The minimum absolute atomic E-state index is 0.0152. The van der Waals surface area contributed by atoms with Gasteiger partial charge in [-0.05, 0) is 30.3 Å². The number of carbonyl (C=O) groups is 1. The van der Waals surface area contributed by atoms with E-state index in [4.69, 9.17) is 16.0 Å². The van der Waals surface area contributed by atoms with Crippen LogP contribution in [0.5, 0.6) is 0 Å². The molecule has 0 aliphatic carbocycles. The minimum Gasteiger partial charge on any atom is -0.448 e. The summed E-state index contributed by atoms with van der Waals surface area (Å²) in [6, 6.07) is 9.52. The molecule has 29 heavy (non-hydrogen) atoms. The van der Waals surface area contributed by atoms with Crippen molar-refractivity contribution < 1.29 is 22.4 Å². The number of aromatic nitrogens is 2.